The van der Waals surface area contributed by atoms with Gasteiger partial charge in [0.15, 0.2) is 0 Å². The molecule has 21 heavy (non-hydrogen) atoms. The van der Waals surface area contributed by atoms with Crippen LogP contribution in [0.25, 0.3) is 0 Å². The topological polar surface area (TPSA) is 74.0 Å². The van der Waals surface area contributed by atoms with E-state index in [9.17, 15) is 9.59 Å². The molecule has 1 aromatic rings. The molecule has 0 bridgehead atoms. The molecule has 1 saturated carbocycles. The molecule has 1 aliphatic heterocycles. The summed E-state index contributed by atoms with van der Waals surface area (Å²) in [7, 11) is 0. The van der Waals surface area contributed by atoms with Crippen molar-refractivity contribution in [3.63, 3.8) is 0 Å². The Hall–Kier alpha value is -1.62. The number of hydrogen-bond donors (Lipinski definition) is 3. The Bertz CT molecular complexity index is 616. The lowest BCUT2D eigenvalue weighted by Gasteiger charge is -2.43. The van der Waals surface area contributed by atoms with Crippen molar-refractivity contribution in [3.8, 4) is 0 Å². The molecule has 0 aromatic carbocycles. The zero-order valence-corrected chi connectivity index (χ0v) is 12.7. The second kappa shape index (κ2) is 5.30. The van der Waals surface area contributed by atoms with Gasteiger partial charge < -0.3 is 15.6 Å². The highest BCUT2D eigenvalue weighted by atomic mass is 16.2. The molecule has 5 heteroatoms. The predicted octanol–water partition coefficient (Wildman–Crippen LogP) is 0.935. The molecule has 0 radical (unpaired) electrons. The Morgan fingerprint density at radius 1 is 1.43 bits per heavy atom. The van der Waals surface area contributed by atoms with Crippen LogP contribution in [-0.4, -0.2) is 29.0 Å². The number of aryl methyl sites for hydroxylation is 2. The molecule has 2 fully saturated rings. The molecule has 1 amide bonds. The summed E-state index contributed by atoms with van der Waals surface area (Å²) >= 11 is 0. The van der Waals surface area contributed by atoms with E-state index in [-0.39, 0.29) is 29.5 Å². The number of rotatable bonds is 3. The van der Waals surface area contributed by atoms with Crippen LogP contribution in [0.5, 0.6) is 0 Å². The van der Waals surface area contributed by atoms with Crippen LogP contribution in [0.15, 0.2) is 10.9 Å². The van der Waals surface area contributed by atoms with Crippen molar-refractivity contribution < 1.29 is 4.79 Å². The number of aromatic amines is 1. The van der Waals surface area contributed by atoms with E-state index >= 15 is 0 Å². The maximum atomic E-state index is 12.3. The van der Waals surface area contributed by atoms with Crippen molar-refractivity contribution in [2.24, 2.45) is 0 Å². The highest BCUT2D eigenvalue weighted by Gasteiger charge is 2.47. The number of hydrogen-bond acceptors (Lipinski definition) is 3. The molecule has 1 atom stereocenters. The zero-order chi connectivity index (χ0) is 15.0. The van der Waals surface area contributed by atoms with E-state index in [0.29, 0.717) is 5.56 Å². The van der Waals surface area contributed by atoms with E-state index in [0.717, 1.165) is 37.1 Å². The van der Waals surface area contributed by atoms with E-state index < -0.39 is 0 Å². The average Bonchev–Trinajstić information content (AvgIpc) is 2.77. The fourth-order valence-corrected chi connectivity index (χ4v) is 3.67. The smallest absolute Gasteiger partial charge is 0.252 e. The third kappa shape index (κ3) is 2.62. The van der Waals surface area contributed by atoms with Gasteiger partial charge in [-0.2, -0.15) is 0 Å². The molecule has 3 rings (SSSR count). The normalized spacial score (nSPS) is 23.0. The standard InChI is InChI=1S/C16H23N3O2/c1-10-8-11(2)18-15(21)12(10)9-14(20)19-13-4-7-17-16(13)5-3-6-16/h8,13,17H,3-7,9H2,1-2H3,(H,18,21)(H,19,20). The largest absolute Gasteiger partial charge is 0.351 e. The van der Waals surface area contributed by atoms with Crippen molar-refractivity contribution in [2.45, 2.75) is 57.5 Å². The second-order valence-electron chi connectivity index (χ2n) is 6.47. The number of pyridine rings is 1. The molecule has 5 nitrogen and oxygen atoms in total. The van der Waals surface area contributed by atoms with E-state index in [1.54, 1.807) is 0 Å². The van der Waals surface area contributed by atoms with Crippen molar-refractivity contribution in [1.29, 1.82) is 0 Å². The van der Waals surface area contributed by atoms with Gasteiger partial charge in [0.05, 0.1) is 6.42 Å². The highest BCUT2D eigenvalue weighted by molar-refractivity contribution is 5.79. The van der Waals surface area contributed by atoms with Crippen LogP contribution < -0.4 is 16.2 Å². The molecular weight excluding hydrogens is 266 g/mol. The summed E-state index contributed by atoms with van der Waals surface area (Å²) in [5.74, 6) is -0.0487. The molecule has 1 saturated heterocycles. The first kappa shape index (κ1) is 14.3. The van der Waals surface area contributed by atoms with Gasteiger partial charge >= 0.3 is 0 Å². The molecule has 1 unspecified atom stereocenters. The molecule has 1 aliphatic carbocycles. The van der Waals surface area contributed by atoms with Gasteiger partial charge in [0.2, 0.25) is 5.91 Å². The van der Waals surface area contributed by atoms with Crippen LogP contribution in [0.2, 0.25) is 0 Å². The summed E-state index contributed by atoms with van der Waals surface area (Å²) in [5.41, 5.74) is 2.27. The Kier molecular flexibility index (Phi) is 3.61. The van der Waals surface area contributed by atoms with Gasteiger partial charge in [-0.15, -0.1) is 0 Å². The fraction of sp³-hybridized carbons (Fsp3) is 0.625. The predicted molar refractivity (Wildman–Crippen MR) is 81.4 cm³/mol. The quantitative estimate of drug-likeness (QED) is 0.775. The Morgan fingerprint density at radius 3 is 2.81 bits per heavy atom. The summed E-state index contributed by atoms with van der Waals surface area (Å²) in [4.78, 5) is 27.0. The zero-order valence-electron chi connectivity index (χ0n) is 12.7. The van der Waals surface area contributed by atoms with E-state index in [1.165, 1.54) is 6.42 Å². The Labute approximate surface area is 124 Å². The molecule has 1 aromatic heterocycles. The maximum Gasteiger partial charge on any atom is 0.252 e. The molecule has 1 spiro atoms. The minimum atomic E-state index is -0.148. The van der Waals surface area contributed by atoms with Gasteiger partial charge in [-0.1, -0.05) is 0 Å². The van der Waals surface area contributed by atoms with E-state index in [4.69, 9.17) is 0 Å². The lowest BCUT2D eigenvalue weighted by molar-refractivity contribution is -0.121. The third-order valence-electron chi connectivity index (χ3n) is 4.99. The van der Waals surface area contributed by atoms with Crippen molar-refractivity contribution in [3.05, 3.63) is 33.2 Å². The number of H-pyrrole nitrogens is 1. The number of amides is 1. The minimum absolute atomic E-state index is 0.0487. The third-order valence-corrected chi connectivity index (χ3v) is 4.99. The van der Waals surface area contributed by atoms with Crippen LogP contribution in [0, 0.1) is 13.8 Å². The van der Waals surface area contributed by atoms with Gasteiger partial charge in [-0.25, -0.2) is 0 Å². The van der Waals surface area contributed by atoms with Gasteiger partial charge in [0, 0.05) is 22.8 Å². The lowest BCUT2D eigenvalue weighted by Crippen LogP contribution is -2.59. The fourth-order valence-electron chi connectivity index (χ4n) is 3.67. The average molecular weight is 289 g/mol. The van der Waals surface area contributed by atoms with E-state index in [2.05, 4.69) is 15.6 Å². The SMILES string of the molecule is Cc1cc(C)c(CC(=O)NC2CCNC23CCC3)c(=O)[nH]1. The van der Waals surface area contributed by atoms with Crippen molar-refractivity contribution in [1.82, 2.24) is 15.6 Å². The van der Waals surface area contributed by atoms with Crippen LogP contribution in [0.1, 0.15) is 42.5 Å². The summed E-state index contributed by atoms with van der Waals surface area (Å²) in [6.45, 7) is 4.70. The van der Waals surface area contributed by atoms with Gasteiger partial charge in [-0.05, 0) is 57.7 Å². The first-order chi connectivity index (χ1) is 10.00. The summed E-state index contributed by atoms with van der Waals surface area (Å²) in [6.07, 6.45) is 4.66. The van der Waals surface area contributed by atoms with Gasteiger partial charge in [0.25, 0.3) is 5.56 Å². The molecule has 2 heterocycles. The second-order valence-corrected chi connectivity index (χ2v) is 6.47. The molecule has 2 aliphatic rings. The maximum absolute atomic E-state index is 12.3. The molecule has 114 valence electrons. The number of nitrogens with one attached hydrogen (secondary N) is 3. The van der Waals surface area contributed by atoms with Crippen LogP contribution >= 0.6 is 0 Å². The molecule has 3 N–H and O–H groups in total. The highest BCUT2D eigenvalue weighted by Crippen LogP contribution is 2.39. The van der Waals surface area contributed by atoms with Crippen molar-refractivity contribution in [2.75, 3.05) is 6.54 Å². The number of carbonyl (C=O) groups is 1. The number of carbonyl (C=O) groups excluding carboxylic acids is 1. The summed E-state index contributed by atoms with van der Waals surface area (Å²) in [5, 5.41) is 6.67. The Balaban J connectivity index is 1.69. The van der Waals surface area contributed by atoms with Gasteiger partial charge in [-0.3, -0.25) is 9.59 Å². The first-order valence-electron chi connectivity index (χ1n) is 7.74. The summed E-state index contributed by atoms with van der Waals surface area (Å²) in [6, 6.07) is 2.12. The Morgan fingerprint density at radius 2 is 2.19 bits per heavy atom. The molecular formula is C16H23N3O2. The summed E-state index contributed by atoms with van der Waals surface area (Å²) < 4.78 is 0. The minimum Gasteiger partial charge on any atom is -0.351 e. The van der Waals surface area contributed by atoms with Crippen LogP contribution in [-0.2, 0) is 11.2 Å². The lowest BCUT2D eigenvalue weighted by atomic mass is 9.73. The number of aromatic nitrogens is 1. The first-order valence-corrected chi connectivity index (χ1v) is 7.74. The van der Waals surface area contributed by atoms with Crippen LogP contribution in [0.3, 0.4) is 0 Å². The van der Waals surface area contributed by atoms with Crippen LogP contribution in [0.4, 0.5) is 0 Å². The monoisotopic (exact) mass is 289 g/mol. The van der Waals surface area contributed by atoms with Crippen molar-refractivity contribution >= 4 is 5.91 Å². The van der Waals surface area contributed by atoms with E-state index in [1.807, 2.05) is 19.9 Å². The van der Waals surface area contributed by atoms with Gasteiger partial charge in [0.1, 0.15) is 0 Å².